The summed E-state index contributed by atoms with van der Waals surface area (Å²) in [5.41, 5.74) is 10.9. The van der Waals surface area contributed by atoms with E-state index < -0.39 is 0 Å². The first-order valence-corrected chi connectivity index (χ1v) is 16.0. The molecule has 0 radical (unpaired) electrons. The number of oxazole rings is 1. The Morgan fingerprint density at radius 1 is 0.438 bits per heavy atom. The molecule has 0 amide bonds. The van der Waals surface area contributed by atoms with Crippen molar-refractivity contribution in [2.45, 2.75) is 0 Å². The van der Waals surface area contributed by atoms with Gasteiger partial charge in [-0.15, -0.1) is 0 Å². The number of nitrogens with zero attached hydrogens (tertiary/aromatic N) is 2. The molecule has 7 aromatic carbocycles. The number of anilines is 3. The van der Waals surface area contributed by atoms with Crippen LogP contribution in [0.25, 0.3) is 77.6 Å². The van der Waals surface area contributed by atoms with E-state index in [1.165, 1.54) is 0 Å². The summed E-state index contributed by atoms with van der Waals surface area (Å²) < 4.78 is 19.2. The number of benzene rings is 7. The van der Waals surface area contributed by atoms with Gasteiger partial charge in [0.15, 0.2) is 5.58 Å². The molecule has 5 nitrogen and oxygen atoms in total. The zero-order chi connectivity index (χ0) is 31.6. The molecule has 10 rings (SSSR count). The van der Waals surface area contributed by atoms with Crippen LogP contribution in [0.2, 0.25) is 0 Å². The molecule has 0 saturated carbocycles. The van der Waals surface area contributed by atoms with Gasteiger partial charge in [0.25, 0.3) is 0 Å². The van der Waals surface area contributed by atoms with Crippen LogP contribution in [0.1, 0.15) is 0 Å². The van der Waals surface area contributed by atoms with Crippen LogP contribution in [0, 0.1) is 0 Å². The lowest BCUT2D eigenvalue weighted by Crippen LogP contribution is -2.11. The first-order chi connectivity index (χ1) is 23.8. The Bertz CT molecular complexity index is 2790. The van der Waals surface area contributed by atoms with Crippen molar-refractivity contribution in [2.75, 3.05) is 4.90 Å². The number of fused-ring (bicyclic) bond motifs is 8. The summed E-state index contributed by atoms with van der Waals surface area (Å²) in [5, 5.41) is 4.05. The van der Waals surface area contributed by atoms with E-state index >= 15 is 0 Å². The molecule has 0 unspecified atom stereocenters. The van der Waals surface area contributed by atoms with Crippen LogP contribution in [0.3, 0.4) is 0 Å². The summed E-state index contributed by atoms with van der Waals surface area (Å²) in [6.07, 6.45) is 0. The van der Waals surface area contributed by atoms with E-state index in [2.05, 4.69) is 89.8 Å². The van der Waals surface area contributed by atoms with E-state index in [4.69, 9.17) is 18.2 Å². The minimum absolute atomic E-state index is 0.584. The highest BCUT2D eigenvalue weighted by Crippen LogP contribution is 2.45. The molecule has 0 saturated heterocycles. The van der Waals surface area contributed by atoms with Crippen LogP contribution >= 0.6 is 0 Å². The van der Waals surface area contributed by atoms with Crippen LogP contribution in [0.4, 0.5) is 17.1 Å². The Labute approximate surface area is 274 Å². The average Bonchev–Trinajstić information content (AvgIpc) is 3.85. The van der Waals surface area contributed by atoms with Gasteiger partial charge in [0.05, 0.1) is 11.1 Å². The van der Waals surface area contributed by atoms with Crippen molar-refractivity contribution in [2.24, 2.45) is 0 Å². The van der Waals surface area contributed by atoms with Gasteiger partial charge in [0, 0.05) is 44.7 Å². The highest BCUT2D eigenvalue weighted by molar-refractivity contribution is 6.17. The van der Waals surface area contributed by atoms with E-state index in [-0.39, 0.29) is 0 Å². The van der Waals surface area contributed by atoms with Crippen molar-refractivity contribution in [1.29, 1.82) is 0 Å². The molecule has 48 heavy (non-hydrogen) atoms. The fourth-order valence-electron chi connectivity index (χ4n) is 6.89. The smallest absolute Gasteiger partial charge is 0.227 e. The third-order valence-electron chi connectivity index (χ3n) is 9.10. The lowest BCUT2D eigenvalue weighted by molar-refractivity contribution is 0.622. The number of para-hydroxylation sites is 2. The highest BCUT2D eigenvalue weighted by Gasteiger charge is 2.22. The van der Waals surface area contributed by atoms with Gasteiger partial charge >= 0.3 is 0 Å². The van der Waals surface area contributed by atoms with Gasteiger partial charge in [-0.25, -0.2) is 4.98 Å². The molecule has 0 bridgehead atoms. The van der Waals surface area contributed by atoms with Crippen LogP contribution in [0.5, 0.6) is 0 Å². The molecule has 3 aromatic heterocycles. The van der Waals surface area contributed by atoms with Crippen molar-refractivity contribution in [3.63, 3.8) is 0 Å². The van der Waals surface area contributed by atoms with Gasteiger partial charge in [-0.3, -0.25) is 0 Å². The van der Waals surface area contributed by atoms with Crippen LogP contribution in [-0.4, -0.2) is 4.98 Å². The Balaban J connectivity index is 1.22. The first-order valence-electron chi connectivity index (χ1n) is 16.0. The number of hydrogen-bond acceptors (Lipinski definition) is 5. The van der Waals surface area contributed by atoms with E-state index in [0.717, 1.165) is 83.1 Å². The predicted molar refractivity (Wildman–Crippen MR) is 194 cm³/mol. The Hall–Kier alpha value is -6.59. The summed E-state index contributed by atoms with van der Waals surface area (Å²) in [4.78, 5) is 7.13. The van der Waals surface area contributed by atoms with Gasteiger partial charge in [0.2, 0.25) is 5.89 Å². The van der Waals surface area contributed by atoms with Gasteiger partial charge in [-0.05, 0) is 72.3 Å². The Kier molecular flexibility index (Phi) is 5.81. The molecular weight excluding hydrogens is 592 g/mol. The monoisotopic (exact) mass is 618 g/mol. The molecule has 0 N–H and O–H groups in total. The van der Waals surface area contributed by atoms with E-state index in [1.807, 2.05) is 72.8 Å². The number of aromatic nitrogens is 1. The summed E-state index contributed by atoms with van der Waals surface area (Å²) >= 11 is 0. The molecule has 0 spiro atoms. The lowest BCUT2D eigenvalue weighted by atomic mass is 10.0. The van der Waals surface area contributed by atoms with Gasteiger partial charge in [-0.2, -0.15) is 0 Å². The zero-order valence-corrected chi connectivity index (χ0v) is 25.6. The topological polar surface area (TPSA) is 55.6 Å². The quantitative estimate of drug-likeness (QED) is 0.192. The van der Waals surface area contributed by atoms with Gasteiger partial charge in [-0.1, -0.05) is 84.9 Å². The molecule has 3 heterocycles. The van der Waals surface area contributed by atoms with Crippen LogP contribution in [0.15, 0.2) is 171 Å². The third-order valence-corrected chi connectivity index (χ3v) is 9.10. The van der Waals surface area contributed by atoms with Crippen molar-refractivity contribution >= 4 is 72.0 Å². The molecule has 226 valence electrons. The van der Waals surface area contributed by atoms with Crippen molar-refractivity contribution < 1.29 is 13.3 Å². The largest absolute Gasteiger partial charge is 0.456 e. The second-order valence-electron chi connectivity index (χ2n) is 12.0. The zero-order valence-electron chi connectivity index (χ0n) is 25.6. The molecular formula is C43H26N2O3. The predicted octanol–water partition coefficient (Wildman–Crippen LogP) is 12.4. The summed E-state index contributed by atoms with van der Waals surface area (Å²) in [5.74, 6) is 0.584. The van der Waals surface area contributed by atoms with E-state index in [0.29, 0.717) is 11.5 Å². The maximum absolute atomic E-state index is 6.46. The Morgan fingerprint density at radius 2 is 1.08 bits per heavy atom. The van der Waals surface area contributed by atoms with Crippen LogP contribution < -0.4 is 4.90 Å². The molecule has 10 aromatic rings. The standard InChI is InChI=1S/C43H26N2O3/c1-3-11-27(12-4-1)31-15-7-9-17-36(31)45(30-19-21-33-32-16-8-10-18-37(32)47-40(33)26-30)29-20-23-38-34(25-29)41-39(46-38)24-22-35-42(41)48-43(44-35)28-13-5-2-6-14-28/h1-26H. The lowest BCUT2D eigenvalue weighted by Gasteiger charge is -2.28. The fourth-order valence-corrected chi connectivity index (χ4v) is 6.89. The summed E-state index contributed by atoms with van der Waals surface area (Å²) in [6.45, 7) is 0. The minimum Gasteiger partial charge on any atom is -0.456 e. The normalized spacial score (nSPS) is 11.8. The molecule has 0 aliphatic carbocycles. The highest BCUT2D eigenvalue weighted by atomic mass is 16.4. The second-order valence-corrected chi connectivity index (χ2v) is 12.0. The van der Waals surface area contributed by atoms with E-state index in [1.54, 1.807) is 0 Å². The molecule has 0 atom stereocenters. The third kappa shape index (κ3) is 4.15. The maximum atomic E-state index is 6.46. The van der Waals surface area contributed by atoms with Crippen LogP contribution in [-0.2, 0) is 0 Å². The fraction of sp³-hybridized carbons (Fsp3) is 0. The van der Waals surface area contributed by atoms with Crippen molar-refractivity contribution in [3.05, 3.63) is 158 Å². The Morgan fingerprint density at radius 3 is 1.96 bits per heavy atom. The molecule has 0 aliphatic heterocycles. The first kappa shape index (κ1) is 26.6. The van der Waals surface area contributed by atoms with Gasteiger partial charge < -0.3 is 18.2 Å². The molecule has 5 heteroatoms. The van der Waals surface area contributed by atoms with Crippen molar-refractivity contribution in [1.82, 2.24) is 4.98 Å². The van der Waals surface area contributed by atoms with Crippen molar-refractivity contribution in [3.8, 4) is 22.6 Å². The van der Waals surface area contributed by atoms with Gasteiger partial charge in [0.1, 0.15) is 27.8 Å². The molecule has 0 aliphatic rings. The minimum atomic E-state index is 0.584. The second kappa shape index (κ2) is 10.5. The molecule has 0 fully saturated rings. The number of hydrogen-bond donors (Lipinski definition) is 0. The number of rotatable bonds is 5. The summed E-state index contributed by atoms with van der Waals surface area (Å²) in [6, 6.07) is 53.9. The van der Waals surface area contributed by atoms with E-state index in [9.17, 15) is 0 Å². The number of furan rings is 2. The SMILES string of the molecule is c1ccc(-c2nc3ccc4oc5ccc(N(c6ccc7c(c6)oc6ccccc67)c6ccccc6-c6ccccc6)cc5c4c3o2)cc1. The summed E-state index contributed by atoms with van der Waals surface area (Å²) in [7, 11) is 0. The maximum Gasteiger partial charge on any atom is 0.227 e. The average molecular weight is 619 g/mol.